The van der Waals surface area contributed by atoms with Gasteiger partial charge >= 0.3 is 0 Å². The van der Waals surface area contributed by atoms with Crippen LogP contribution in [0.4, 0.5) is 5.82 Å². The third-order valence-electron chi connectivity index (χ3n) is 2.42. The third kappa shape index (κ3) is 1.99. The van der Waals surface area contributed by atoms with Crippen molar-refractivity contribution in [3.05, 3.63) is 48.2 Å². The highest BCUT2D eigenvalue weighted by Crippen LogP contribution is 2.23. The second kappa shape index (κ2) is 4.13. The molecule has 0 aliphatic heterocycles. The lowest BCUT2D eigenvalue weighted by Crippen LogP contribution is -1.97. The van der Waals surface area contributed by atoms with Crippen LogP contribution < -0.4 is 5.73 Å². The van der Waals surface area contributed by atoms with Gasteiger partial charge in [0.15, 0.2) is 0 Å². The van der Waals surface area contributed by atoms with Crippen molar-refractivity contribution in [1.82, 2.24) is 4.98 Å². The quantitative estimate of drug-likeness (QED) is 0.805. The summed E-state index contributed by atoms with van der Waals surface area (Å²) in [5, 5.41) is 0. The average molecular weight is 198 g/mol. The number of nitrogen functional groups attached to an aromatic ring is 1. The predicted octanol–water partition coefficient (Wildman–Crippen LogP) is 2.89. The Labute approximate surface area is 89.8 Å². The number of nitrogens with zero attached hydrogens (tertiary/aromatic N) is 1. The molecule has 0 spiro atoms. The van der Waals surface area contributed by atoms with E-state index in [1.807, 2.05) is 30.3 Å². The van der Waals surface area contributed by atoms with Crippen LogP contribution in [0.15, 0.2) is 42.5 Å². The van der Waals surface area contributed by atoms with Crippen LogP contribution in [0.2, 0.25) is 0 Å². The second-order valence-corrected chi connectivity index (χ2v) is 3.45. The molecule has 2 heteroatoms. The zero-order chi connectivity index (χ0) is 10.7. The standard InChI is InChI=1S/C13H14N2/c1-2-12-11(8-9-13(14)15-12)10-6-4-3-5-7-10/h3-9H,2H2,1H3,(H2,14,15). The molecule has 1 aromatic heterocycles. The molecule has 2 rings (SSSR count). The van der Waals surface area contributed by atoms with Gasteiger partial charge in [-0.05, 0) is 24.1 Å². The minimum Gasteiger partial charge on any atom is -0.384 e. The van der Waals surface area contributed by atoms with Gasteiger partial charge in [0, 0.05) is 5.56 Å². The van der Waals surface area contributed by atoms with Crippen LogP contribution in [0.3, 0.4) is 0 Å². The van der Waals surface area contributed by atoms with Crippen LogP contribution in [0.1, 0.15) is 12.6 Å². The first-order valence-electron chi connectivity index (χ1n) is 5.12. The maximum Gasteiger partial charge on any atom is 0.123 e. The second-order valence-electron chi connectivity index (χ2n) is 3.45. The highest BCUT2D eigenvalue weighted by molar-refractivity contribution is 5.66. The van der Waals surface area contributed by atoms with E-state index in [0.717, 1.165) is 12.1 Å². The van der Waals surface area contributed by atoms with Crippen molar-refractivity contribution in [2.75, 3.05) is 5.73 Å². The molecule has 76 valence electrons. The molecule has 1 aromatic carbocycles. The van der Waals surface area contributed by atoms with E-state index >= 15 is 0 Å². The largest absolute Gasteiger partial charge is 0.384 e. The zero-order valence-electron chi connectivity index (χ0n) is 8.77. The van der Waals surface area contributed by atoms with E-state index in [9.17, 15) is 0 Å². The average Bonchev–Trinajstić information content (AvgIpc) is 2.30. The Hall–Kier alpha value is -1.83. The molecule has 2 aromatic rings. The molecule has 0 amide bonds. The Balaban J connectivity index is 2.53. The Kier molecular flexibility index (Phi) is 2.68. The summed E-state index contributed by atoms with van der Waals surface area (Å²) in [6.07, 6.45) is 0.898. The molecule has 0 unspecified atom stereocenters. The number of benzene rings is 1. The van der Waals surface area contributed by atoms with Crippen molar-refractivity contribution in [2.24, 2.45) is 0 Å². The van der Waals surface area contributed by atoms with Gasteiger partial charge in [0.25, 0.3) is 0 Å². The van der Waals surface area contributed by atoms with E-state index in [4.69, 9.17) is 5.73 Å². The predicted molar refractivity (Wildman–Crippen MR) is 63.5 cm³/mol. The first-order chi connectivity index (χ1) is 7.31. The lowest BCUT2D eigenvalue weighted by atomic mass is 10.0. The molecule has 0 aliphatic carbocycles. The van der Waals surface area contributed by atoms with Crippen LogP contribution in [-0.4, -0.2) is 4.98 Å². The van der Waals surface area contributed by atoms with E-state index in [0.29, 0.717) is 5.82 Å². The van der Waals surface area contributed by atoms with Gasteiger partial charge in [0.2, 0.25) is 0 Å². The molecular formula is C13H14N2. The van der Waals surface area contributed by atoms with Gasteiger partial charge in [-0.25, -0.2) is 4.98 Å². The van der Waals surface area contributed by atoms with E-state index in [-0.39, 0.29) is 0 Å². The van der Waals surface area contributed by atoms with Crippen molar-refractivity contribution in [3.8, 4) is 11.1 Å². The van der Waals surface area contributed by atoms with Gasteiger partial charge in [0.1, 0.15) is 5.82 Å². The van der Waals surface area contributed by atoms with Gasteiger partial charge in [-0.1, -0.05) is 37.3 Å². The highest BCUT2D eigenvalue weighted by Gasteiger charge is 2.04. The Morgan fingerprint density at radius 3 is 2.47 bits per heavy atom. The Morgan fingerprint density at radius 2 is 1.80 bits per heavy atom. The van der Waals surface area contributed by atoms with Crippen LogP contribution in [-0.2, 0) is 6.42 Å². The summed E-state index contributed by atoms with van der Waals surface area (Å²) in [6.45, 7) is 2.09. The number of aromatic nitrogens is 1. The normalized spacial score (nSPS) is 10.2. The first-order valence-corrected chi connectivity index (χ1v) is 5.12. The fourth-order valence-corrected chi connectivity index (χ4v) is 1.67. The summed E-state index contributed by atoms with van der Waals surface area (Å²) in [5.74, 6) is 0.589. The molecule has 2 nitrogen and oxygen atoms in total. The molecule has 0 atom stereocenters. The summed E-state index contributed by atoms with van der Waals surface area (Å²) in [6, 6.07) is 14.1. The number of anilines is 1. The molecule has 0 radical (unpaired) electrons. The molecule has 0 saturated carbocycles. The summed E-state index contributed by atoms with van der Waals surface area (Å²) in [5.41, 5.74) is 9.10. The lowest BCUT2D eigenvalue weighted by Gasteiger charge is -2.07. The number of aryl methyl sites for hydroxylation is 1. The maximum absolute atomic E-state index is 5.67. The molecular weight excluding hydrogens is 184 g/mol. The summed E-state index contributed by atoms with van der Waals surface area (Å²) in [4.78, 5) is 4.35. The molecule has 1 heterocycles. The molecule has 2 N–H and O–H groups in total. The molecule has 15 heavy (non-hydrogen) atoms. The topological polar surface area (TPSA) is 38.9 Å². The molecule has 0 saturated heterocycles. The fraction of sp³-hybridized carbons (Fsp3) is 0.154. The SMILES string of the molecule is CCc1nc(N)ccc1-c1ccccc1. The van der Waals surface area contributed by atoms with Gasteiger partial charge in [-0.15, -0.1) is 0 Å². The van der Waals surface area contributed by atoms with Crippen molar-refractivity contribution >= 4 is 5.82 Å². The third-order valence-corrected chi connectivity index (χ3v) is 2.42. The van der Waals surface area contributed by atoms with Crippen LogP contribution in [0.5, 0.6) is 0 Å². The number of hydrogen-bond donors (Lipinski definition) is 1. The van der Waals surface area contributed by atoms with Crippen molar-refractivity contribution < 1.29 is 0 Å². The maximum atomic E-state index is 5.67. The zero-order valence-corrected chi connectivity index (χ0v) is 8.77. The van der Waals surface area contributed by atoms with Crippen molar-refractivity contribution in [1.29, 1.82) is 0 Å². The van der Waals surface area contributed by atoms with Gasteiger partial charge < -0.3 is 5.73 Å². The number of pyridine rings is 1. The Bertz CT molecular complexity index is 449. The van der Waals surface area contributed by atoms with E-state index in [1.54, 1.807) is 0 Å². The number of nitrogens with two attached hydrogens (primary N) is 1. The van der Waals surface area contributed by atoms with Crippen molar-refractivity contribution in [2.45, 2.75) is 13.3 Å². The van der Waals surface area contributed by atoms with Gasteiger partial charge in [0.05, 0.1) is 5.69 Å². The number of hydrogen-bond acceptors (Lipinski definition) is 2. The monoisotopic (exact) mass is 198 g/mol. The summed E-state index contributed by atoms with van der Waals surface area (Å²) in [7, 11) is 0. The molecule has 0 aliphatic rings. The van der Waals surface area contributed by atoms with Gasteiger partial charge in [-0.2, -0.15) is 0 Å². The lowest BCUT2D eigenvalue weighted by molar-refractivity contribution is 1.04. The Morgan fingerprint density at radius 1 is 1.07 bits per heavy atom. The highest BCUT2D eigenvalue weighted by atomic mass is 14.8. The van der Waals surface area contributed by atoms with E-state index < -0.39 is 0 Å². The van der Waals surface area contributed by atoms with Crippen LogP contribution in [0.25, 0.3) is 11.1 Å². The minimum absolute atomic E-state index is 0.589. The van der Waals surface area contributed by atoms with E-state index in [2.05, 4.69) is 24.0 Å². The van der Waals surface area contributed by atoms with Gasteiger partial charge in [-0.3, -0.25) is 0 Å². The van der Waals surface area contributed by atoms with Crippen LogP contribution >= 0.6 is 0 Å². The molecule has 0 bridgehead atoms. The first kappa shape index (κ1) is 9.71. The number of rotatable bonds is 2. The van der Waals surface area contributed by atoms with E-state index in [1.165, 1.54) is 11.1 Å². The summed E-state index contributed by atoms with van der Waals surface area (Å²) >= 11 is 0. The van der Waals surface area contributed by atoms with Crippen LogP contribution in [0, 0.1) is 0 Å². The minimum atomic E-state index is 0.589. The van der Waals surface area contributed by atoms with Crippen molar-refractivity contribution in [3.63, 3.8) is 0 Å². The molecule has 0 fully saturated rings. The smallest absolute Gasteiger partial charge is 0.123 e. The fourth-order valence-electron chi connectivity index (χ4n) is 1.67. The summed E-state index contributed by atoms with van der Waals surface area (Å²) < 4.78 is 0.